The van der Waals surface area contributed by atoms with E-state index >= 15 is 0 Å². The number of benzene rings is 1. The van der Waals surface area contributed by atoms with Gasteiger partial charge in [0.15, 0.2) is 0 Å². The van der Waals surface area contributed by atoms with Crippen LogP contribution in [-0.4, -0.2) is 37.9 Å². The molecule has 0 aliphatic carbocycles. The van der Waals surface area contributed by atoms with Crippen LogP contribution in [0.2, 0.25) is 0 Å². The van der Waals surface area contributed by atoms with Gasteiger partial charge in [0.1, 0.15) is 6.07 Å². The SMILES string of the molecule is N#Cc1cc(N)ccc1S(=O)(=O)NC(CO)CO. The van der Waals surface area contributed by atoms with Gasteiger partial charge in [-0.2, -0.15) is 5.26 Å². The fraction of sp³-hybridized carbons (Fsp3) is 0.300. The van der Waals surface area contributed by atoms with Crippen molar-refractivity contribution in [2.24, 2.45) is 0 Å². The standard InChI is InChI=1S/C10H13N3O4S/c11-4-7-3-8(12)1-2-10(7)18(16,17)13-9(5-14)6-15/h1-3,9,13-15H,5-6,12H2. The van der Waals surface area contributed by atoms with Crippen LogP contribution in [0.15, 0.2) is 23.1 Å². The van der Waals surface area contributed by atoms with Crippen molar-refractivity contribution < 1.29 is 18.6 Å². The lowest BCUT2D eigenvalue weighted by molar-refractivity contribution is 0.185. The summed E-state index contributed by atoms with van der Waals surface area (Å²) in [4.78, 5) is -0.244. The van der Waals surface area contributed by atoms with Crippen molar-refractivity contribution in [1.82, 2.24) is 4.72 Å². The average molecular weight is 271 g/mol. The van der Waals surface area contributed by atoms with E-state index in [9.17, 15) is 8.42 Å². The van der Waals surface area contributed by atoms with E-state index in [1.165, 1.54) is 18.2 Å². The van der Waals surface area contributed by atoms with Crippen molar-refractivity contribution in [3.8, 4) is 6.07 Å². The number of anilines is 1. The number of rotatable bonds is 5. The minimum absolute atomic E-state index is 0.0999. The van der Waals surface area contributed by atoms with Gasteiger partial charge in [-0.05, 0) is 18.2 Å². The van der Waals surface area contributed by atoms with Crippen molar-refractivity contribution in [2.45, 2.75) is 10.9 Å². The van der Waals surface area contributed by atoms with Gasteiger partial charge in [-0.25, -0.2) is 13.1 Å². The summed E-state index contributed by atoms with van der Waals surface area (Å²) >= 11 is 0. The average Bonchev–Trinajstić information content (AvgIpc) is 2.35. The van der Waals surface area contributed by atoms with E-state index in [-0.39, 0.29) is 16.1 Å². The molecule has 0 atom stereocenters. The normalized spacial score (nSPS) is 11.4. The third kappa shape index (κ3) is 3.18. The summed E-state index contributed by atoms with van der Waals surface area (Å²) in [5, 5.41) is 26.5. The van der Waals surface area contributed by atoms with E-state index in [0.717, 1.165) is 0 Å². The van der Waals surface area contributed by atoms with Gasteiger partial charge in [-0.3, -0.25) is 0 Å². The van der Waals surface area contributed by atoms with Gasteiger partial charge in [-0.15, -0.1) is 0 Å². The van der Waals surface area contributed by atoms with Gasteiger partial charge in [0.05, 0.1) is 29.7 Å². The number of nitrogens with zero attached hydrogens (tertiary/aromatic N) is 1. The third-order valence-electron chi connectivity index (χ3n) is 2.18. The van der Waals surface area contributed by atoms with E-state index in [1.807, 2.05) is 0 Å². The molecule has 1 aromatic carbocycles. The second-order valence-corrected chi connectivity index (χ2v) is 5.23. The largest absolute Gasteiger partial charge is 0.399 e. The lowest BCUT2D eigenvalue weighted by Crippen LogP contribution is -2.40. The summed E-state index contributed by atoms with van der Waals surface area (Å²) in [6.07, 6.45) is 0. The highest BCUT2D eigenvalue weighted by molar-refractivity contribution is 7.89. The molecule has 0 saturated heterocycles. The first-order valence-corrected chi connectivity index (χ1v) is 6.46. The highest BCUT2D eigenvalue weighted by atomic mass is 32.2. The molecule has 1 rings (SSSR count). The smallest absolute Gasteiger partial charge is 0.242 e. The number of sulfonamides is 1. The molecule has 0 bridgehead atoms. The van der Waals surface area contributed by atoms with Crippen LogP contribution < -0.4 is 10.5 Å². The molecule has 0 aromatic heterocycles. The zero-order valence-electron chi connectivity index (χ0n) is 9.37. The van der Waals surface area contributed by atoms with Gasteiger partial charge in [-0.1, -0.05) is 0 Å². The first kappa shape index (κ1) is 14.4. The van der Waals surface area contributed by atoms with Gasteiger partial charge in [0, 0.05) is 5.69 Å². The molecule has 5 N–H and O–H groups in total. The number of aliphatic hydroxyl groups excluding tert-OH is 2. The van der Waals surface area contributed by atoms with Gasteiger partial charge in [0.2, 0.25) is 10.0 Å². The Morgan fingerprint density at radius 3 is 2.50 bits per heavy atom. The van der Waals surface area contributed by atoms with Crippen molar-refractivity contribution in [2.75, 3.05) is 18.9 Å². The van der Waals surface area contributed by atoms with Gasteiger partial charge in [0.25, 0.3) is 0 Å². The Bertz CT molecular complexity index is 561. The predicted octanol–water partition coefficient (Wildman–Crippen LogP) is -1.23. The number of hydrogen-bond donors (Lipinski definition) is 4. The quantitative estimate of drug-likeness (QED) is 0.495. The fourth-order valence-electron chi connectivity index (χ4n) is 1.28. The molecule has 8 heteroatoms. The van der Waals surface area contributed by atoms with E-state index in [4.69, 9.17) is 21.2 Å². The zero-order valence-corrected chi connectivity index (χ0v) is 10.2. The topological polar surface area (TPSA) is 136 Å². The minimum Gasteiger partial charge on any atom is -0.399 e. The Hall–Kier alpha value is -1.66. The maximum absolute atomic E-state index is 11.9. The number of nitrogens with two attached hydrogens (primary N) is 1. The molecule has 0 fully saturated rings. The number of nitriles is 1. The summed E-state index contributed by atoms with van der Waals surface area (Å²) in [6.45, 7) is -1.10. The molecular formula is C10H13N3O4S. The summed E-state index contributed by atoms with van der Waals surface area (Å²) in [7, 11) is -3.99. The summed E-state index contributed by atoms with van der Waals surface area (Å²) < 4.78 is 25.9. The van der Waals surface area contributed by atoms with Crippen LogP contribution in [0.4, 0.5) is 5.69 Å². The molecule has 0 spiro atoms. The Morgan fingerprint density at radius 1 is 1.39 bits per heavy atom. The Morgan fingerprint density at radius 2 is 2.00 bits per heavy atom. The second kappa shape index (κ2) is 5.79. The van der Waals surface area contributed by atoms with Crippen molar-refractivity contribution in [3.63, 3.8) is 0 Å². The zero-order chi connectivity index (χ0) is 13.8. The highest BCUT2D eigenvalue weighted by Crippen LogP contribution is 2.18. The van der Waals surface area contributed by atoms with E-state index in [0.29, 0.717) is 0 Å². The minimum atomic E-state index is -3.99. The number of hydrogen-bond acceptors (Lipinski definition) is 6. The Kier molecular flexibility index (Phi) is 4.63. The van der Waals surface area contributed by atoms with Crippen LogP contribution >= 0.6 is 0 Å². The molecule has 0 aliphatic heterocycles. The summed E-state index contributed by atoms with van der Waals surface area (Å²) in [5.41, 5.74) is 5.62. The van der Waals surface area contributed by atoms with Gasteiger partial charge < -0.3 is 15.9 Å². The monoisotopic (exact) mass is 271 g/mol. The third-order valence-corrected chi connectivity index (χ3v) is 3.75. The molecule has 0 heterocycles. The summed E-state index contributed by atoms with van der Waals surface area (Å²) in [6, 6.07) is 4.50. The molecule has 7 nitrogen and oxygen atoms in total. The molecule has 0 amide bonds. The maximum atomic E-state index is 11.9. The Balaban J connectivity index is 3.17. The molecular weight excluding hydrogens is 258 g/mol. The molecule has 0 saturated carbocycles. The predicted molar refractivity (Wildman–Crippen MR) is 63.9 cm³/mol. The molecule has 0 aliphatic rings. The first-order valence-electron chi connectivity index (χ1n) is 4.98. The van der Waals surface area contributed by atoms with Crippen LogP contribution in [-0.2, 0) is 10.0 Å². The van der Waals surface area contributed by atoms with Gasteiger partial charge >= 0.3 is 0 Å². The van der Waals surface area contributed by atoms with Crippen LogP contribution in [0.5, 0.6) is 0 Å². The highest BCUT2D eigenvalue weighted by Gasteiger charge is 2.22. The van der Waals surface area contributed by atoms with Crippen molar-refractivity contribution in [3.05, 3.63) is 23.8 Å². The lowest BCUT2D eigenvalue weighted by Gasteiger charge is -2.14. The first-order chi connectivity index (χ1) is 8.44. The number of aliphatic hydroxyl groups is 2. The van der Waals surface area contributed by atoms with Crippen LogP contribution in [0.1, 0.15) is 5.56 Å². The van der Waals surface area contributed by atoms with E-state index in [2.05, 4.69) is 4.72 Å². The second-order valence-electron chi connectivity index (χ2n) is 3.55. The van der Waals surface area contributed by atoms with Crippen LogP contribution in [0, 0.1) is 11.3 Å². The lowest BCUT2D eigenvalue weighted by atomic mass is 10.2. The van der Waals surface area contributed by atoms with Crippen LogP contribution in [0.3, 0.4) is 0 Å². The number of nitrogen functional groups attached to an aromatic ring is 1. The van der Waals surface area contributed by atoms with Crippen molar-refractivity contribution >= 4 is 15.7 Å². The molecule has 98 valence electrons. The van der Waals surface area contributed by atoms with Crippen LogP contribution in [0.25, 0.3) is 0 Å². The van der Waals surface area contributed by atoms with E-state index in [1.54, 1.807) is 6.07 Å². The molecule has 0 unspecified atom stereocenters. The van der Waals surface area contributed by atoms with Crippen molar-refractivity contribution in [1.29, 1.82) is 5.26 Å². The molecule has 1 aromatic rings. The molecule has 18 heavy (non-hydrogen) atoms. The Labute approximate surface area is 105 Å². The maximum Gasteiger partial charge on any atom is 0.242 e. The van der Waals surface area contributed by atoms with E-state index < -0.39 is 29.3 Å². The summed E-state index contributed by atoms with van der Waals surface area (Å²) in [5.74, 6) is 0. The molecule has 0 radical (unpaired) electrons. The fourth-order valence-corrected chi connectivity index (χ4v) is 2.64. The number of nitrogens with one attached hydrogen (secondary N) is 1.